The molecule has 0 bridgehead atoms. The van der Waals surface area contributed by atoms with Gasteiger partial charge in [0.2, 0.25) is 5.91 Å². The number of hydrogen-bond donors (Lipinski definition) is 1. The summed E-state index contributed by atoms with van der Waals surface area (Å²) in [6, 6.07) is 6.95. The fraction of sp³-hybridized carbons (Fsp3) is 0.385. The summed E-state index contributed by atoms with van der Waals surface area (Å²) in [4.78, 5) is 23.3. The van der Waals surface area contributed by atoms with Crippen LogP contribution in [0.5, 0.6) is 0 Å². The molecule has 0 fully saturated rings. The Morgan fingerprint density at radius 1 is 1.29 bits per heavy atom. The molecule has 1 aromatic carbocycles. The highest BCUT2D eigenvalue weighted by Gasteiger charge is 2.21. The van der Waals surface area contributed by atoms with E-state index in [2.05, 4.69) is 21.2 Å². The van der Waals surface area contributed by atoms with Crippen molar-refractivity contribution in [1.29, 1.82) is 0 Å². The zero-order valence-corrected chi connectivity index (χ0v) is 11.8. The molecule has 0 aliphatic rings. The Bertz CT molecular complexity index is 435. The molecule has 1 rings (SSSR count). The maximum atomic E-state index is 11.8. The van der Waals surface area contributed by atoms with Crippen LogP contribution in [-0.4, -0.2) is 17.0 Å². The summed E-state index contributed by atoms with van der Waals surface area (Å²) in [7, 11) is 0. The van der Waals surface area contributed by atoms with E-state index in [0.717, 1.165) is 0 Å². The van der Waals surface area contributed by atoms with Crippen molar-refractivity contribution in [1.82, 2.24) is 0 Å². The maximum Gasteiger partial charge on any atom is 0.229 e. The van der Waals surface area contributed by atoms with Gasteiger partial charge in [-0.3, -0.25) is 9.59 Å². The number of amides is 1. The molecule has 17 heavy (non-hydrogen) atoms. The molecule has 0 aromatic heterocycles. The fourth-order valence-electron chi connectivity index (χ4n) is 1.17. The zero-order chi connectivity index (χ0) is 13.1. The molecule has 0 radical (unpaired) electrons. The van der Waals surface area contributed by atoms with Gasteiger partial charge in [0.1, 0.15) is 0 Å². The normalized spacial score (nSPS) is 11.1. The number of rotatable bonds is 3. The number of halogens is 1. The third-order valence-electron chi connectivity index (χ3n) is 2.24. The van der Waals surface area contributed by atoms with Crippen LogP contribution in [0.3, 0.4) is 0 Å². The van der Waals surface area contributed by atoms with Gasteiger partial charge < -0.3 is 5.32 Å². The molecule has 92 valence electrons. The number of nitrogens with one attached hydrogen (secondary N) is 1. The minimum atomic E-state index is -0.449. The van der Waals surface area contributed by atoms with Crippen molar-refractivity contribution in [2.45, 2.75) is 20.8 Å². The summed E-state index contributed by atoms with van der Waals surface area (Å²) in [5.41, 5.74) is 0.792. The van der Waals surface area contributed by atoms with Crippen molar-refractivity contribution in [2.75, 3.05) is 10.6 Å². The van der Waals surface area contributed by atoms with Gasteiger partial charge in [-0.25, -0.2) is 0 Å². The van der Waals surface area contributed by atoms with Gasteiger partial charge in [-0.15, -0.1) is 0 Å². The fourth-order valence-corrected chi connectivity index (χ4v) is 1.49. The van der Waals surface area contributed by atoms with E-state index in [9.17, 15) is 9.59 Å². The first kappa shape index (κ1) is 13.9. The molecule has 0 aliphatic carbocycles. The van der Waals surface area contributed by atoms with Gasteiger partial charge in [-0.05, 0) is 12.1 Å². The van der Waals surface area contributed by atoms with E-state index in [1.54, 1.807) is 24.3 Å². The molecule has 1 aromatic rings. The minimum absolute atomic E-state index is 0.00291. The molecular weight excluding hydrogens is 282 g/mol. The van der Waals surface area contributed by atoms with E-state index in [1.165, 1.54) is 0 Å². The number of anilines is 1. The standard InChI is InChI=1S/C13H16BrNO2/c1-13(2,3)12(17)15-10-6-4-5-9(7-10)11(16)8-14/h4-7H,8H2,1-3H3,(H,15,17). The van der Waals surface area contributed by atoms with Gasteiger partial charge in [0.05, 0.1) is 5.33 Å². The Morgan fingerprint density at radius 3 is 2.47 bits per heavy atom. The number of alkyl halides is 1. The number of carbonyl (C=O) groups is 2. The second-order valence-corrected chi connectivity index (χ2v) is 5.40. The number of carbonyl (C=O) groups excluding carboxylic acids is 2. The van der Waals surface area contributed by atoms with E-state index >= 15 is 0 Å². The first-order chi connectivity index (χ1) is 7.84. The molecule has 0 saturated carbocycles. The van der Waals surface area contributed by atoms with Crippen LogP contribution in [0.15, 0.2) is 24.3 Å². The highest BCUT2D eigenvalue weighted by Crippen LogP contribution is 2.18. The third kappa shape index (κ3) is 3.97. The minimum Gasteiger partial charge on any atom is -0.326 e. The highest BCUT2D eigenvalue weighted by molar-refractivity contribution is 9.09. The second-order valence-electron chi connectivity index (χ2n) is 4.84. The average Bonchev–Trinajstić information content (AvgIpc) is 2.27. The Labute approximate surface area is 110 Å². The van der Waals surface area contributed by atoms with E-state index in [4.69, 9.17) is 0 Å². The van der Waals surface area contributed by atoms with Crippen molar-refractivity contribution in [3.8, 4) is 0 Å². The molecule has 4 heteroatoms. The molecule has 0 saturated heterocycles. The van der Waals surface area contributed by atoms with Crippen LogP contribution in [0, 0.1) is 5.41 Å². The monoisotopic (exact) mass is 297 g/mol. The van der Waals surface area contributed by atoms with Crippen LogP contribution < -0.4 is 5.32 Å². The van der Waals surface area contributed by atoms with Crippen LogP contribution in [-0.2, 0) is 4.79 Å². The Morgan fingerprint density at radius 2 is 1.94 bits per heavy atom. The van der Waals surface area contributed by atoms with Crippen molar-refractivity contribution < 1.29 is 9.59 Å². The highest BCUT2D eigenvalue weighted by atomic mass is 79.9. The summed E-state index contributed by atoms with van der Waals surface area (Å²) in [5.74, 6) is -0.0715. The lowest BCUT2D eigenvalue weighted by Crippen LogP contribution is -2.27. The number of Topliss-reactive ketones (excluding diaryl/α,β-unsaturated/α-hetero) is 1. The molecule has 3 nitrogen and oxygen atoms in total. The number of benzene rings is 1. The quantitative estimate of drug-likeness (QED) is 0.688. The maximum absolute atomic E-state index is 11.8. The Hall–Kier alpha value is -1.16. The summed E-state index contributed by atoms with van der Waals surface area (Å²) >= 11 is 3.12. The summed E-state index contributed by atoms with van der Waals surface area (Å²) in [5, 5.41) is 3.08. The van der Waals surface area contributed by atoms with Gasteiger partial charge in [0.25, 0.3) is 0 Å². The van der Waals surface area contributed by atoms with E-state index in [0.29, 0.717) is 11.3 Å². The lowest BCUT2D eigenvalue weighted by atomic mass is 9.95. The Balaban J connectivity index is 2.87. The first-order valence-electron chi connectivity index (χ1n) is 5.35. The van der Waals surface area contributed by atoms with E-state index < -0.39 is 5.41 Å². The van der Waals surface area contributed by atoms with E-state index in [-0.39, 0.29) is 17.0 Å². The van der Waals surface area contributed by atoms with Crippen LogP contribution >= 0.6 is 15.9 Å². The molecular formula is C13H16BrNO2. The first-order valence-corrected chi connectivity index (χ1v) is 6.47. The largest absolute Gasteiger partial charge is 0.326 e. The molecule has 0 aliphatic heterocycles. The number of ketones is 1. The third-order valence-corrected chi connectivity index (χ3v) is 2.75. The van der Waals surface area contributed by atoms with Crippen LogP contribution in [0.1, 0.15) is 31.1 Å². The van der Waals surface area contributed by atoms with Crippen molar-refractivity contribution in [3.63, 3.8) is 0 Å². The molecule has 0 heterocycles. The van der Waals surface area contributed by atoms with Gasteiger partial charge in [0, 0.05) is 16.7 Å². The van der Waals surface area contributed by atoms with Crippen molar-refractivity contribution in [2.24, 2.45) is 5.41 Å². The topological polar surface area (TPSA) is 46.2 Å². The smallest absolute Gasteiger partial charge is 0.229 e. The van der Waals surface area contributed by atoms with Crippen LogP contribution in [0.4, 0.5) is 5.69 Å². The molecule has 0 spiro atoms. The lowest BCUT2D eigenvalue weighted by molar-refractivity contribution is -0.123. The second kappa shape index (κ2) is 5.45. The van der Waals surface area contributed by atoms with Gasteiger partial charge in [-0.1, -0.05) is 48.8 Å². The van der Waals surface area contributed by atoms with Gasteiger partial charge >= 0.3 is 0 Å². The zero-order valence-electron chi connectivity index (χ0n) is 10.2. The van der Waals surface area contributed by atoms with Crippen LogP contribution in [0.25, 0.3) is 0 Å². The molecule has 0 atom stereocenters. The van der Waals surface area contributed by atoms with Gasteiger partial charge in [0.15, 0.2) is 5.78 Å². The Kier molecular flexibility index (Phi) is 4.46. The molecule has 0 unspecified atom stereocenters. The molecule has 1 amide bonds. The predicted molar refractivity (Wildman–Crippen MR) is 72.7 cm³/mol. The summed E-state index contributed by atoms with van der Waals surface area (Å²) in [6.07, 6.45) is 0. The average molecular weight is 298 g/mol. The van der Waals surface area contributed by atoms with Crippen molar-refractivity contribution >= 4 is 33.3 Å². The van der Waals surface area contributed by atoms with Crippen molar-refractivity contribution in [3.05, 3.63) is 29.8 Å². The van der Waals surface area contributed by atoms with E-state index in [1.807, 2.05) is 20.8 Å². The van der Waals surface area contributed by atoms with Crippen LogP contribution in [0.2, 0.25) is 0 Å². The summed E-state index contributed by atoms with van der Waals surface area (Å²) < 4.78 is 0. The van der Waals surface area contributed by atoms with Gasteiger partial charge in [-0.2, -0.15) is 0 Å². The molecule has 1 N–H and O–H groups in total. The summed E-state index contributed by atoms with van der Waals surface area (Å²) in [6.45, 7) is 5.53. The SMILES string of the molecule is CC(C)(C)C(=O)Nc1cccc(C(=O)CBr)c1. The lowest BCUT2D eigenvalue weighted by Gasteiger charge is -2.17. The number of hydrogen-bond acceptors (Lipinski definition) is 2. The predicted octanol–water partition coefficient (Wildman–Crippen LogP) is 3.25.